The van der Waals surface area contributed by atoms with Crippen molar-refractivity contribution in [1.82, 2.24) is 10.2 Å². The Balaban J connectivity index is 1.40. The van der Waals surface area contributed by atoms with E-state index in [-0.39, 0.29) is 18.6 Å². The number of rotatable bonds is 7. The molecule has 1 atom stereocenters. The number of likely N-dealkylation sites (tertiary alicyclic amines) is 1. The van der Waals surface area contributed by atoms with Gasteiger partial charge in [-0.15, -0.1) is 0 Å². The lowest BCUT2D eigenvalue weighted by atomic mass is 10.0. The van der Waals surface area contributed by atoms with E-state index in [2.05, 4.69) is 19.2 Å². The van der Waals surface area contributed by atoms with Crippen molar-refractivity contribution in [1.29, 1.82) is 0 Å². The van der Waals surface area contributed by atoms with Gasteiger partial charge >= 0.3 is 6.09 Å². The van der Waals surface area contributed by atoms with Crippen LogP contribution < -0.4 is 10.1 Å². The zero-order chi connectivity index (χ0) is 22.2. The van der Waals surface area contributed by atoms with Gasteiger partial charge < -0.3 is 19.7 Å². The van der Waals surface area contributed by atoms with Gasteiger partial charge in [-0.05, 0) is 48.9 Å². The van der Waals surface area contributed by atoms with Crippen molar-refractivity contribution in [2.24, 2.45) is 0 Å². The van der Waals surface area contributed by atoms with E-state index in [0.29, 0.717) is 37.6 Å². The van der Waals surface area contributed by atoms with Crippen molar-refractivity contribution >= 4 is 12.0 Å². The Bertz CT molecular complexity index is 844. The highest BCUT2D eigenvalue weighted by molar-refractivity contribution is 5.81. The number of hydrogen-bond acceptors (Lipinski definition) is 4. The Labute approximate surface area is 184 Å². The van der Waals surface area contributed by atoms with Crippen LogP contribution in [0.4, 0.5) is 4.79 Å². The SMILES string of the molecule is CC(Oc1ccc(C(C)C)cc1)C(=O)N1CCC(NC(=O)OCc2ccccc2)CC1. The highest BCUT2D eigenvalue weighted by atomic mass is 16.5. The van der Waals surface area contributed by atoms with E-state index in [9.17, 15) is 9.59 Å². The third-order valence-corrected chi connectivity index (χ3v) is 5.55. The fraction of sp³-hybridized carbons (Fsp3) is 0.440. The van der Waals surface area contributed by atoms with Gasteiger partial charge in [-0.2, -0.15) is 0 Å². The lowest BCUT2D eigenvalue weighted by Crippen LogP contribution is -2.49. The summed E-state index contributed by atoms with van der Waals surface area (Å²) in [4.78, 5) is 26.6. The number of piperidine rings is 1. The van der Waals surface area contributed by atoms with Crippen molar-refractivity contribution in [2.75, 3.05) is 13.1 Å². The minimum atomic E-state index is -0.551. The van der Waals surface area contributed by atoms with Crippen LogP contribution in [0.25, 0.3) is 0 Å². The zero-order valence-electron chi connectivity index (χ0n) is 18.5. The van der Waals surface area contributed by atoms with E-state index in [4.69, 9.17) is 9.47 Å². The summed E-state index contributed by atoms with van der Waals surface area (Å²) in [6.45, 7) is 7.48. The lowest BCUT2D eigenvalue weighted by Gasteiger charge is -2.33. The largest absolute Gasteiger partial charge is 0.481 e. The van der Waals surface area contributed by atoms with Gasteiger partial charge in [0.2, 0.25) is 0 Å². The maximum absolute atomic E-state index is 12.8. The predicted molar refractivity (Wildman–Crippen MR) is 120 cm³/mol. The molecule has 166 valence electrons. The lowest BCUT2D eigenvalue weighted by molar-refractivity contribution is -0.139. The van der Waals surface area contributed by atoms with E-state index in [1.165, 1.54) is 5.56 Å². The highest BCUT2D eigenvalue weighted by Crippen LogP contribution is 2.20. The molecule has 0 radical (unpaired) electrons. The van der Waals surface area contributed by atoms with E-state index >= 15 is 0 Å². The number of carbonyl (C=O) groups is 2. The van der Waals surface area contributed by atoms with E-state index < -0.39 is 12.2 Å². The molecule has 31 heavy (non-hydrogen) atoms. The smallest absolute Gasteiger partial charge is 0.407 e. The van der Waals surface area contributed by atoms with Crippen LogP contribution >= 0.6 is 0 Å². The molecule has 0 aromatic heterocycles. The maximum Gasteiger partial charge on any atom is 0.407 e. The topological polar surface area (TPSA) is 67.9 Å². The number of benzene rings is 2. The van der Waals surface area contributed by atoms with Crippen molar-refractivity contribution < 1.29 is 19.1 Å². The predicted octanol–water partition coefficient (Wildman–Crippen LogP) is 4.49. The Morgan fingerprint density at radius 1 is 1.00 bits per heavy atom. The minimum absolute atomic E-state index is 0.00660. The van der Waals surface area contributed by atoms with Gasteiger partial charge in [-0.25, -0.2) is 4.79 Å². The first kappa shape index (κ1) is 22.7. The van der Waals surface area contributed by atoms with Gasteiger partial charge in [-0.3, -0.25) is 4.79 Å². The standard InChI is InChI=1S/C25H32N2O4/c1-18(2)21-9-11-23(12-10-21)31-19(3)24(28)27-15-13-22(14-16-27)26-25(29)30-17-20-7-5-4-6-8-20/h4-12,18-19,22H,13-17H2,1-3H3,(H,26,29). The summed E-state index contributed by atoms with van der Waals surface area (Å²) in [6, 6.07) is 17.5. The molecule has 1 heterocycles. The summed E-state index contributed by atoms with van der Waals surface area (Å²) in [7, 11) is 0. The summed E-state index contributed by atoms with van der Waals surface area (Å²) in [5.41, 5.74) is 2.19. The molecule has 0 spiro atoms. The van der Waals surface area contributed by atoms with Crippen LogP contribution in [0, 0.1) is 0 Å². The van der Waals surface area contributed by atoms with Gasteiger partial charge in [0.1, 0.15) is 12.4 Å². The van der Waals surface area contributed by atoms with E-state index in [1.54, 1.807) is 11.8 Å². The maximum atomic E-state index is 12.8. The Morgan fingerprint density at radius 3 is 2.26 bits per heavy atom. The van der Waals surface area contributed by atoms with Crippen LogP contribution in [0.3, 0.4) is 0 Å². The van der Waals surface area contributed by atoms with Crippen molar-refractivity contribution in [3.05, 3.63) is 65.7 Å². The number of ether oxygens (including phenoxy) is 2. The molecule has 1 aliphatic rings. The quantitative estimate of drug-likeness (QED) is 0.711. The van der Waals surface area contributed by atoms with Crippen LogP contribution in [0.15, 0.2) is 54.6 Å². The summed E-state index contributed by atoms with van der Waals surface area (Å²) < 4.78 is 11.1. The fourth-order valence-corrected chi connectivity index (χ4v) is 3.62. The van der Waals surface area contributed by atoms with Crippen LogP contribution in [-0.2, 0) is 16.1 Å². The molecule has 2 amide bonds. The molecule has 6 nitrogen and oxygen atoms in total. The molecule has 2 aromatic carbocycles. The molecule has 1 fully saturated rings. The average molecular weight is 425 g/mol. The summed E-state index contributed by atoms with van der Waals surface area (Å²) in [6.07, 6.45) is 0.421. The first-order chi connectivity index (χ1) is 14.9. The number of hydrogen-bond donors (Lipinski definition) is 1. The van der Waals surface area contributed by atoms with Gasteiger partial charge in [0.05, 0.1) is 0 Å². The first-order valence-corrected chi connectivity index (χ1v) is 10.9. The Kier molecular flexibility index (Phi) is 7.93. The normalized spacial score (nSPS) is 15.4. The van der Waals surface area contributed by atoms with Gasteiger partial charge in [-0.1, -0.05) is 56.3 Å². The van der Waals surface area contributed by atoms with Crippen molar-refractivity contribution in [2.45, 2.75) is 58.3 Å². The second-order valence-electron chi connectivity index (χ2n) is 8.29. The molecule has 0 aliphatic carbocycles. The number of amides is 2. The first-order valence-electron chi connectivity index (χ1n) is 10.9. The number of nitrogens with zero attached hydrogens (tertiary/aromatic N) is 1. The average Bonchev–Trinajstić information content (AvgIpc) is 2.79. The third-order valence-electron chi connectivity index (χ3n) is 5.55. The number of alkyl carbamates (subject to hydrolysis) is 1. The summed E-state index contributed by atoms with van der Waals surface area (Å²) in [5, 5.41) is 2.90. The summed E-state index contributed by atoms with van der Waals surface area (Å²) >= 11 is 0. The second kappa shape index (κ2) is 10.8. The Hall–Kier alpha value is -3.02. The van der Waals surface area contributed by atoms with Crippen LogP contribution in [0.1, 0.15) is 50.7 Å². The minimum Gasteiger partial charge on any atom is -0.481 e. The summed E-state index contributed by atoms with van der Waals surface area (Å²) in [5.74, 6) is 1.12. The number of nitrogens with one attached hydrogen (secondary N) is 1. The highest BCUT2D eigenvalue weighted by Gasteiger charge is 2.28. The van der Waals surface area contributed by atoms with Crippen molar-refractivity contribution in [3.8, 4) is 5.75 Å². The molecule has 0 saturated carbocycles. The van der Waals surface area contributed by atoms with E-state index in [0.717, 1.165) is 5.56 Å². The third kappa shape index (κ3) is 6.74. The van der Waals surface area contributed by atoms with Crippen molar-refractivity contribution in [3.63, 3.8) is 0 Å². The fourth-order valence-electron chi connectivity index (χ4n) is 3.62. The molecular formula is C25H32N2O4. The van der Waals surface area contributed by atoms with Gasteiger partial charge in [0.15, 0.2) is 6.10 Å². The van der Waals surface area contributed by atoms with E-state index in [1.807, 2.05) is 54.6 Å². The molecule has 1 unspecified atom stereocenters. The van der Waals surface area contributed by atoms with Crippen LogP contribution in [0.2, 0.25) is 0 Å². The second-order valence-corrected chi connectivity index (χ2v) is 8.29. The monoisotopic (exact) mass is 424 g/mol. The molecule has 1 aliphatic heterocycles. The Morgan fingerprint density at radius 2 is 1.65 bits per heavy atom. The van der Waals surface area contributed by atoms with Gasteiger partial charge in [0, 0.05) is 19.1 Å². The molecule has 1 N–H and O–H groups in total. The molecule has 0 bridgehead atoms. The zero-order valence-corrected chi connectivity index (χ0v) is 18.5. The molecule has 1 saturated heterocycles. The van der Waals surface area contributed by atoms with Crippen LogP contribution in [0.5, 0.6) is 5.75 Å². The molecular weight excluding hydrogens is 392 g/mol. The van der Waals surface area contributed by atoms with Crippen LogP contribution in [-0.4, -0.2) is 42.1 Å². The molecule has 2 aromatic rings. The van der Waals surface area contributed by atoms with Gasteiger partial charge in [0.25, 0.3) is 5.91 Å². The molecule has 6 heteroatoms. The number of carbonyl (C=O) groups excluding carboxylic acids is 2. The molecule has 3 rings (SSSR count).